The zero-order valence-corrected chi connectivity index (χ0v) is 11.7. The molecule has 1 amide bonds. The molecule has 0 spiro atoms. The van der Waals surface area contributed by atoms with E-state index in [4.69, 9.17) is 5.26 Å². The van der Waals surface area contributed by atoms with Gasteiger partial charge in [0.25, 0.3) is 5.91 Å². The van der Waals surface area contributed by atoms with Crippen LogP contribution in [0.4, 0.5) is 8.78 Å². The number of amides is 1. The fourth-order valence-corrected chi connectivity index (χ4v) is 1.98. The summed E-state index contributed by atoms with van der Waals surface area (Å²) in [5.74, 6) is -2.25. The van der Waals surface area contributed by atoms with Crippen LogP contribution in [-0.4, -0.2) is 22.3 Å². The van der Waals surface area contributed by atoms with Crippen molar-refractivity contribution in [1.29, 1.82) is 5.26 Å². The Kier molecular flexibility index (Phi) is 5.15. The molecule has 4 nitrogen and oxygen atoms in total. The molecule has 0 unspecified atom stereocenters. The predicted octanol–water partition coefficient (Wildman–Crippen LogP) is 2.92. The molecule has 0 aliphatic heterocycles. The molecule has 0 bridgehead atoms. The Labute approximate surface area is 126 Å². The molecule has 112 valence electrons. The lowest BCUT2D eigenvalue weighted by molar-refractivity contribution is 0.0742. The molecule has 0 radical (unpaired) electrons. The van der Waals surface area contributed by atoms with E-state index in [2.05, 4.69) is 4.98 Å². The lowest BCUT2D eigenvalue weighted by Gasteiger charge is -2.22. The smallest absolute Gasteiger partial charge is 0.257 e. The molecule has 0 fully saturated rings. The molecular formula is C16H13F2N3O. The second-order valence-corrected chi connectivity index (χ2v) is 4.62. The van der Waals surface area contributed by atoms with Gasteiger partial charge in [-0.2, -0.15) is 5.26 Å². The van der Waals surface area contributed by atoms with Crippen molar-refractivity contribution >= 4 is 5.91 Å². The third-order valence-corrected chi connectivity index (χ3v) is 3.04. The third kappa shape index (κ3) is 3.85. The quantitative estimate of drug-likeness (QED) is 0.853. The fourth-order valence-electron chi connectivity index (χ4n) is 1.98. The van der Waals surface area contributed by atoms with E-state index in [1.165, 1.54) is 4.90 Å². The second kappa shape index (κ2) is 7.27. The zero-order valence-electron chi connectivity index (χ0n) is 11.7. The minimum Gasteiger partial charge on any atom is -0.333 e. The van der Waals surface area contributed by atoms with Gasteiger partial charge in [0.05, 0.1) is 18.1 Å². The SMILES string of the molecule is N#CCCN(Cc1cccnc1)C(=O)c1ccc(F)cc1F. The van der Waals surface area contributed by atoms with E-state index >= 15 is 0 Å². The van der Waals surface area contributed by atoms with E-state index in [1.807, 2.05) is 6.07 Å². The summed E-state index contributed by atoms with van der Waals surface area (Å²) < 4.78 is 26.7. The average molecular weight is 301 g/mol. The first kappa shape index (κ1) is 15.6. The van der Waals surface area contributed by atoms with E-state index in [1.54, 1.807) is 24.5 Å². The number of aromatic nitrogens is 1. The van der Waals surface area contributed by atoms with Crippen LogP contribution in [0.1, 0.15) is 22.3 Å². The standard InChI is InChI=1S/C16H13F2N3O/c17-13-4-5-14(15(18)9-13)16(22)21(8-2-6-19)11-12-3-1-7-20-10-12/h1,3-5,7,9-10H,2,8,11H2. The van der Waals surface area contributed by atoms with Crippen LogP contribution in [0.5, 0.6) is 0 Å². The van der Waals surface area contributed by atoms with Crippen molar-refractivity contribution in [2.45, 2.75) is 13.0 Å². The Bertz CT molecular complexity index is 698. The van der Waals surface area contributed by atoms with Crippen molar-refractivity contribution in [2.24, 2.45) is 0 Å². The summed E-state index contributed by atoms with van der Waals surface area (Å²) in [4.78, 5) is 17.7. The van der Waals surface area contributed by atoms with Crippen LogP contribution in [-0.2, 0) is 6.54 Å². The fraction of sp³-hybridized carbons (Fsp3) is 0.188. The van der Waals surface area contributed by atoms with E-state index < -0.39 is 17.5 Å². The number of halogens is 2. The summed E-state index contributed by atoms with van der Waals surface area (Å²) in [7, 11) is 0. The second-order valence-electron chi connectivity index (χ2n) is 4.62. The van der Waals surface area contributed by atoms with Crippen LogP contribution in [0.25, 0.3) is 0 Å². The molecule has 0 aliphatic carbocycles. The van der Waals surface area contributed by atoms with Gasteiger partial charge >= 0.3 is 0 Å². The van der Waals surface area contributed by atoms with Crippen LogP contribution in [0, 0.1) is 23.0 Å². The summed E-state index contributed by atoms with van der Waals surface area (Å²) in [5.41, 5.74) is 0.541. The molecule has 1 aromatic carbocycles. The van der Waals surface area contributed by atoms with Gasteiger partial charge in [-0.25, -0.2) is 8.78 Å². The summed E-state index contributed by atoms with van der Waals surface area (Å²) in [6, 6.07) is 8.26. The van der Waals surface area contributed by atoms with E-state index in [0.717, 1.165) is 17.7 Å². The first-order valence-corrected chi connectivity index (χ1v) is 6.62. The lowest BCUT2D eigenvalue weighted by Crippen LogP contribution is -2.32. The van der Waals surface area contributed by atoms with Crippen molar-refractivity contribution in [3.8, 4) is 6.07 Å². The van der Waals surface area contributed by atoms with Crippen LogP contribution < -0.4 is 0 Å². The van der Waals surface area contributed by atoms with E-state index in [9.17, 15) is 13.6 Å². The molecule has 0 atom stereocenters. The number of nitrogens with zero attached hydrogens (tertiary/aromatic N) is 3. The summed E-state index contributed by atoms with van der Waals surface area (Å²) >= 11 is 0. The maximum atomic E-state index is 13.8. The number of carbonyl (C=O) groups excluding carboxylic acids is 1. The van der Waals surface area contributed by atoms with E-state index in [0.29, 0.717) is 6.07 Å². The van der Waals surface area contributed by atoms with Gasteiger partial charge in [-0.1, -0.05) is 6.07 Å². The summed E-state index contributed by atoms with van der Waals surface area (Å²) in [5, 5.41) is 8.70. The van der Waals surface area contributed by atoms with Crippen LogP contribution in [0.3, 0.4) is 0 Å². The number of carbonyl (C=O) groups is 1. The van der Waals surface area contributed by atoms with Crippen molar-refractivity contribution < 1.29 is 13.6 Å². The highest BCUT2D eigenvalue weighted by molar-refractivity contribution is 5.94. The number of benzene rings is 1. The molecule has 6 heteroatoms. The van der Waals surface area contributed by atoms with Gasteiger partial charge in [-0.15, -0.1) is 0 Å². The minimum absolute atomic E-state index is 0.120. The molecule has 1 aromatic heterocycles. The first-order valence-electron chi connectivity index (χ1n) is 6.62. The van der Waals surface area contributed by atoms with Gasteiger partial charge in [-0.05, 0) is 23.8 Å². The Hall–Kier alpha value is -2.81. The molecule has 22 heavy (non-hydrogen) atoms. The summed E-state index contributed by atoms with van der Waals surface area (Å²) in [6.07, 6.45) is 3.31. The lowest BCUT2D eigenvalue weighted by atomic mass is 10.1. The van der Waals surface area contributed by atoms with Crippen LogP contribution in [0.2, 0.25) is 0 Å². The van der Waals surface area contributed by atoms with Crippen molar-refractivity contribution in [3.63, 3.8) is 0 Å². The molecule has 0 aliphatic rings. The molecule has 2 aromatic rings. The third-order valence-electron chi connectivity index (χ3n) is 3.04. The van der Waals surface area contributed by atoms with Crippen LogP contribution >= 0.6 is 0 Å². The topological polar surface area (TPSA) is 57.0 Å². The normalized spacial score (nSPS) is 10.0. The van der Waals surface area contributed by atoms with Gasteiger partial charge in [0.2, 0.25) is 0 Å². The Balaban J connectivity index is 2.24. The molecule has 2 rings (SSSR count). The summed E-state index contributed by atoms with van der Waals surface area (Å²) in [6.45, 7) is 0.353. The number of hydrogen-bond acceptors (Lipinski definition) is 3. The van der Waals surface area contributed by atoms with Crippen molar-refractivity contribution in [3.05, 3.63) is 65.5 Å². The van der Waals surface area contributed by atoms with Gasteiger partial charge in [0.15, 0.2) is 0 Å². The number of pyridine rings is 1. The maximum absolute atomic E-state index is 13.8. The van der Waals surface area contributed by atoms with Crippen molar-refractivity contribution in [1.82, 2.24) is 9.88 Å². The molecule has 1 heterocycles. The monoisotopic (exact) mass is 301 g/mol. The molecule has 0 N–H and O–H groups in total. The van der Waals surface area contributed by atoms with Gasteiger partial charge in [0.1, 0.15) is 11.6 Å². The highest BCUT2D eigenvalue weighted by Gasteiger charge is 2.19. The van der Waals surface area contributed by atoms with Crippen molar-refractivity contribution in [2.75, 3.05) is 6.54 Å². The molecular weight excluding hydrogens is 288 g/mol. The Morgan fingerprint density at radius 2 is 2.14 bits per heavy atom. The number of hydrogen-bond donors (Lipinski definition) is 0. The van der Waals surface area contributed by atoms with E-state index in [-0.39, 0.29) is 25.1 Å². The van der Waals surface area contributed by atoms with Gasteiger partial charge in [0, 0.05) is 31.5 Å². The Morgan fingerprint density at radius 3 is 2.77 bits per heavy atom. The predicted molar refractivity (Wildman–Crippen MR) is 75.6 cm³/mol. The highest BCUT2D eigenvalue weighted by atomic mass is 19.1. The number of rotatable bonds is 5. The zero-order chi connectivity index (χ0) is 15.9. The largest absolute Gasteiger partial charge is 0.333 e. The maximum Gasteiger partial charge on any atom is 0.257 e. The molecule has 0 saturated carbocycles. The van der Waals surface area contributed by atoms with Gasteiger partial charge < -0.3 is 4.90 Å². The van der Waals surface area contributed by atoms with Gasteiger partial charge in [-0.3, -0.25) is 9.78 Å². The first-order chi connectivity index (χ1) is 10.6. The molecule has 0 saturated heterocycles. The number of nitriles is 1. The van der Waals surface area contributed by atoms with Crippen LogP contribution in [0.15, 0.2) is 42.7 Å². The highest BCUT2D eigenvalue weighted by Crippen LogP contribution is 2.14. The Morgan fingerprint density at radius 1 is 1.32 bits per heavy atom. The average Bonchev–Trinajstić information content (AvgIpc) is 2.52. The minimum atomic E-state index is -0.918.